The van der Waals surface area contributed by atoms with Crippen LogP contribution in [-0.4, -0.2) is 16.5 Å². The summed E-state index contributed by atoms with van der Waals surface area (Å²) in [6.45, 7) is 1.95. The van der Waals surface area contributed by atoms with Gasteiger partial charge in [0, 0.05) is 16.5 Å². The molecule has 6 heteroatoms. The maximum atomic E-state index is 5.99. The van der Waals surface area contributed by atoms with E-state index in [4.69, 9.17) is 10.5 Å². The smallest absolute Gasteiger partial charge is 0.174 e. The Morgan fingerprint density at radius 1 is 1.47 bits per heavy atom. The third-order valence-electron chi connectivity index (χ3n) is 2.24. The van der Waals surface area contributed by atoms with Crippen LogP contribution in [0.25, 0.3) is 0 Å². The third kappa shape index (κ3) is 2.77. The molecule has 1 aromatic heterocycles. The lowest BCUT2D eigenvalue weighted by Crippen LogP contribution is -2.08. The molecule has 0 unspecified atom stereocenters. The molecule has 0 amide bonds. The number of benzene rings is 1. The highest BCUT2D eigenvalue weighted by molar-refractivity contribution is 8.01. The van der Waals surface area contributed by atoms with Gasteiger partial charge in [0.25, 0.3) is 0 Å². The van der Waals surface area contributed by atoms with E-state index >= 15 is 0 Å². The standard InChI is InChI=1S/C11H13N3OS2/c1-7(12)10-8(15-2)4-3-5-9(10)16-11-13-6-14-17-11/h3-7H,12H2,1-2H3/t7-/m1/s1. The number of hydrogen-bond acceptors (Lipinski definition) is 6. The summed E-state index contributed by atoms with van der Waals surface area (Å²) in [7, 11) is 1.65. The van der Waals surface area contributed by atoms with Crippen molar-refractivity contribution < 1.29 is 4.74 Å². The Bertz CT molecular complexity index is 485. The second-order valence-electron chi connectivity index (χ2n) is 3.47. The number of methoxy groups -OCH3 is 1. The van der Waals surface area contributed by atoms with Crippen molar-refractivity contribution in [3.05, 3.63) is 30.1 Å². The molecule has 0 radical (unpaired) electrons. The fourth-order valence-electron chi connectivity index (χ4n) is 1.54. The zero-order chi connectivity index (χ0) is 12.3. The number of aromatic nitrogens is 2. The average Bonchev–Trinajstić information content (AvgIpc) is 2.81. The number of hydrogen-bond donors (Lipinski definition) is 1. The van der Waals surface area contributed by atoms with Crippen molar-refractivity contribution in [2.45, 2.75) is 22.2 Å². The molecule has 2 rings (SSSR count). The van der Waals surface area contributed by atoms with Crippen molar-refractivity contribution >= 4 is 23.3 Å². The maximum Gasteiger partial charge on any atom is 0.174 e. The van der Waals surface area contributed by atoms with Gasteiger partial charge in [0.05, 0.1) is 7.11 Å². The third-order valence-corrected chi connectivity index (χ3v) is 4.03. The molecule has 1 atom stereocenters. The van der Waals surface area contributed by atoms with Crippen LogP contribution < -0.4 is 10.5 Å². The number of nitrogens with zero attached hydrogens (tertiary/aromatic N) is 2. The lowest BCUT2D eigenvalue weighted by molar-refractivity contribution is 0.405. The van der Waals surface area contributed by atoms with Gasteiger partial charge in [-0.2, -0.15) is 4.37 Å². The van der Waals surface area contributed by atoms with Gasteiger partial charge < -0.3 is 10.5 Å². The van der Waals surface area contributed by atoms with Crippen LogP contribution in [0, 0.1) is 0 Å². The molecule has 0 aliphatic carbocycles. The van der Waals surface area contributed by atoms with Crippen molar-refractivity contribution in [1.29, 1.82) is 0 Å². The monoisotopic (exact) mass is 267 g/mol. The first-order valence-electron chi connectivity index (χ1n) is 5.09. The van der Waals surface area contributed by atoms with E-state index in [1.165, 1.54) is 11.5 Å². The van der Waals surface area contributed by atoms with Crippen LogP contribution in [-0.2, 0) is 0 Å². The van der Waals surface area contributed by atoms with Gasteiger partial charge in [-0.25, -0.2) is 4.98 Å². The van der Waals surface area contributed by atoms with Crippen LogP contribution in [0.3, 0.4) is 0 Å². The molecular formula is C11H13N3OS2. The largest absolute Gasteiger partial charge is 0.496 e. The first-order valence-corrected chi connectivity index (χ1v) is 6.68. The predicted octanol–water partition coefficient (Wildman–Crippen LogP) is 2.72. The number of rotatable bonds is 4. The van der Waals surface area contributed by atoms with Crippen LogP contribution in [0.5, 0.6) is 5.75 Å². The van der Waals surface area contributed by atoms with E-state index < -0.39 is 0 Å². The zero-order valence-electron chi connectivity index (χ0n) is 9.58. The van der Waals surface area contributed by atoms with Gasteiger partial charge in [-0.05, 0) is 30.6 Å². The van der Waals surface area contributed by atoms with Gasteiger partial charge in [0.1, 0.15) is 12.1 Å². The molecule has 17 heavy (non-hydrogen) atoms. The van der Waals surface area contributed by atoms with E-state index in [1.54, 1.807) is 25.2 Å². The molecule has 2 aromatic rings. The molecule has 1 heterocycles. The second kappa shape index (κ2) is 5.48. The lowest BCUT2D eigenvalue weighted by atomic mass is 10.1. The Morgan fingerprint density at radius 3 is 2.88 bits per heavy atom. The Morgan fingerprint density at radius 2 is 2.29 bits per heavy atom. The Labute approximate surface area is 108 Å². The van der Waals surface area contributed by atoms with Gasteiger partial charge >= 0.3 is 0 Å². The molecule has 0 saturated heterocycles. The van der Waals surface area contributed by atoms with Gasteiger partial charge in [0.2, 0.25) is 0 Å². The Kier molecular flexibility index (Phi) is 3.98. The molecule has 0 aliphatic heterocycles. The summed E-state index contributed by atoms with van der Waals surface area (Å²) in [5.74, 6) is 0.814. The fraction of sp³-hybridized carbons (Fsp3) is 0.273. The van der Waals surface area contributed by atoms with E-state index in [0.29, 0.717) is 0 Å². The van der Waals surface area contributed by atoms with Crippen molar-refractivity contribution in [2.75, 3.05) is 7.11 Å². The van der Waals surface area contributed by atoms with Gasteiger partial charge in [-0.15, -0.1) is 0 Å². The van der Waals surface area contributed by atoms with Crippen molar-refractivity contribution in [3.63, 3.8) is 0 Å². The van der Waals surface area contributed by atoms with E-state index in [9.17, 15) is 0 Å². The quantitative estimate of drug-likeness (QED) is 0.923. The lowest BCUT2D eigenvalue weighted by Gasteiger charge is -2.15. The Balaban J connectivity index is 2.39. The molecule has 0 spiro atoms. The van der Waals surface area contributed by atoms with E-state index in [1.807, 2.05) is 25.1 Å². The molecule has 0 saturated carbocycles. The van der Waals surface area contributed by atoms with Crippen LogP contribution in [0.4, 0.5) is 0 Å². The first kappa shape index (κ1) is 12.3. The minimum absolute atomic E-state index is 0.0819. The summed E-state index contributed by atoms with van der Waals surface area (Å²) < 4.78 is 10.2. The topological polar surface area (TPSA) is 61.0 Å². The van der Waals surface area contributed by atoms with Gasteiger partial charge in [-0.1, -0.05) is 17.8 Å². The Hall–Kier alpha value is -1.11. The number of nitrogens with two attached hydrogens (primary N) is 1. The van der Waals surface area contributed by atoms with Crippen molar-refractivity contribution in [2.24, 2.45) is 5.73 Å². The molecule has 4 nitrogen and oxygen atoms in total. The molecule has 1 aromatic carbocycles. The predicted molar refractivity (Wildman–Crippen MR) is 69.6 cm³/mol. The highest BCUT2D eigenvalue weighted by atomic mass is 32.2. The summed E-state index contributed by atoms with van der Waals surface area (Å²) in [6.07, 6.45) is 1.55. The molecule has 0 aliphatic rings. The summed E-state index contributed by atoms with van der Waals surface area (Å²) in [6, 6.07) is 5.81. The summed E-state index contributed by atoms with van der Waals surface area (Å²) in [4.78, 5) is 5.22. The SMILES string of the molecule is COc1cccc(Sc2ncns2)c1[C@@H](C)N. The molecule has 0 fully saturated rings. The average molecular weight is 267 g/mol. The summed E-state index contributed by atoms with van der Waals surface area (Å²) >= 11 is 2.94. The zero-order valence-corrected chi connectivity index (χ0v) is 11.2. The molecular weight excluding hydrogens is 254 g/mol. The fourth-order valence-corrected chi connectivity index (χ4v) is 3.20. The summed E-state index contributed by atoms with van der Waals surface area (Å²) in [5.41, 5.74) is 7.00. The minimum Gasteiger partial charge on any atom is -0.496 e. The van der Waals surface area contributed by atoms with Crippen molar-refractivity contribution in [1.82, 2.24) is 9.36 Å². The first-order chi connectivity index (χ1) is 8.22. The number of ether oxygens (including phenoxy) is 1. The van der Waals surface area contributed by atoms with Gasteiger partial charge in [-0.3, -0.25) is 0 Å². The molecule has 90 valence electrons. The van der Waals surface area contributed by atoms with E-state index in [0.717, 1.165) is 20.5 Å². The van der Waals surface area contributed by atoms with Crippen molar-refractivity contribution in [3.8, 4) is 5.75 Å². The van der Waals surface area contributed by atoms with Crippen LogP contribution in [0.2, 0.25) is 0 Å². The highest BCUT2D eigenvalue weighted by Gasteiger charge is 2.14. The minimum atomic E-state index is -0.0819. The highest BCUT2D eigenvalue weighted by Crippen LogP contribution is 2.37. The van der Waals surface area contributed by atoms with E-state index in [-0.39, 0.29) is 6.04 Å². The maximum absolute atomic E-state index is 5.99. The molecule has 0 bridgehead atoms. The summed E-state index contributed by atoms with van der Waals surface area (Å²) in [5, 5.41) is 0. The van der Waals surface area contributed by atoms with Gasteiger partial charge in [0.15, 0.2) is 4.34 Å². The van der Waals surface area contributed by atoms with Crippen LogP contribution in [0.1, 0.15) is 18.5 Å². The van der Waals surface area contributed by atoms with Crippen LogP contribution in [0.15, 0.2) is 33.8 Å². The van der Waals surface area contributed by atoms with Crippen LogP contribution >= 0.6 is 23.3 Å². The second-order valence-corrected chi connectivity index (χ2v) is 5.54. The van der Waals surface area contributed by atoms with E-state index in [2.05, 4.69) is 9.36 Å². The molecule has 2 N–H and O–H groups in total. The normalized spacial score (nSPS) is 12.4.